The van der Waals surface area contributed by atoms with Gasteiger partial charge >= 0.3 is 11.9 Å². The highest BCUT2D eigenvalue weighted by atomic mass is 16.8. The molecular formula is C52H82O23. The Bertz CT molecular complexity index is 2110. The average molecular weight is 1080 g/mol. The van der Waals surface area contributed by atoms with Crippen molar-refractivity contribution >= 4 is 11.9 Å². The molecule has 0 aromatic rings. The van der Waals surface area contributed by atoms with E-state index in [1.165, 1.54) is 0 Å². The molecule has 23 nitrogen and oxygen atoms in total. The highest BCUT2D eigenvalue weighted by molar-refractivity contribution is 5.79. The van der Waals surface area contributed by atoms with Crippen molar-refractivity contribution in [1.82, 2.24) is 0 Å². The lowest BCUT2D eigenvalue weighted by Crippen LogP contribution is -2.67. The number of aliphatic hydroxyl groups excluding tert-OH is 12. The molecule has 0 spiro atoms. The van der Waals surface area contributed by atoms with Gasteiger partial charge in [0.1, 0.15) is 79.4 Å². The Balaban J connectivity index is 0.997. The number of rotatable bonds is 11. The lowest BCUT2D eigenvalue weighted by molar-refractivity contribution is -0.359. The maximum atomic E-state index is 15.5. The standard InChI is InChI=1S/C52H82O23/c1-47(2)13-15-52(46(67)75-44-40(74-43-38(63)32(57)25(55)20-69-43)36(61)34(59)27(72-44)21-70-41-39(64)35(60)33(58)26(18-53)71-41)16-14-49(4)22(23(52)17-47)7-8-28-48(3)11-10-30(73-42-37(62)31(56)24(54)19-68-42)51(6,45(65)66)29(48)9-12-50(28,49)5/h7,23-44,53-64H,8-21H2,1-6H3,(H,65,66)/t23-,24+,25+,26+,27+,28+,29+,30-,31-,32-,33+,34-,35-,36-,37+,38+,39+,40+,41+,42-,43-,44-,48+,49+,50+,51-,52-/m0/s1. The number of hydrogen-bond donors (Lipinski definition) is 13. The van der Waals surface area contributed by atoms with Crippen molar-refractivity contribution < 1.29 is 114 Å². The third-order valence-electron chi connectivity index (χ3n) is 20.7. The van der Waals surface area contributed by atoms with Gasteiger partial charge in [0.2, 0.25) is 6.29 Å². The van der Waals surface area contributed by atoms with Gasteiger partial charge in [-0.2, -0.15) is 0 Å². The average Bonchev–Trinajstić information content (AvgIpc) is 3.36. The van der Waals surface area contributed by atoms with Crippen LogP contribution in [0.15, 0.2) is 11.6 Å². The van der Waals surface area contributed by atoms with Crippen LogP contribution in [0.1, 0.15) is 106 Å². The first-order valence-electron chi connectivity index (χ1n) is 26.8. The fourth-order valence-corrected chi connectivity index (χ4v) is 15.8. The van der Waals surface area contributed by atoms with Gasteiger partial charge in [0.25, 0.3) is 0 Å². The van der Waals surface area contributed by atoms with Crippen LogP contribution in [-0.4, -0.2) is 221 Å². The van der Waals surface area contributed by atoms with Crippen molar-refractivity contribution in [2.75, 3.05) is 26.4 Å². The van der Waals surface area contributed by atoms with Crippen molar-refractivity contribution in [2.24, 2.45) is 50.2 Å². The summed E-state index contributed by atoms with van der Waals surface area (Å²) in [6, 6.07) is 0. The van der Waals surface area contributed by atoms with Gasteiger partial charge in [-0.3, -0.25) is 9.59 Å². The van der Waals surface area contributed by atoms with E-state index in [0.29, 0.717) is 64.2 Å². The number of ether oxygens (including phenoxy) is 8. The van der Waals surface area contributed by atoms with E-state index in [-0.39, 0.29) is 35.2 Å². The highest BCUT2D eigenvalue weighted by Crippen LogP contribution is 2.76. The molecule has 9 aliphatic rings. The predicted molar refractivity (Wildman–Crippen MR) is 253 cm³/mol. The molecule has 0 aromatic heterocycles. The predicted octanol–water partition coefficient (Wildman–Crippen LogP) is -1.69. The van der Waals surface area contributed by atoms with E-state index in [1.807, 2.05) is 0 Å². The molecule has 4 saturated carbocycles. The van der Waals surface area contributed by atoms with Gasteiger partial charge in [0, 0.05) is 0 Å². The molecule has 4 heterocycles. The molecule has 0 aromatic carbocycles. The number of aliphatic carboxylic acids is 1. The van der Waals surface area contributed by atoms with Crippen molar-refractivity contribution in [3.05, 3.63) is 11.6 Å². The van der Waals surface area contributed by atoms with Gasteiger partial charge in [0.15, 0.2) is 25.0 Å². The zero-order valence-corrected chi connectivity index (χ0v) is 43.6. The van der Waals surface area contributed by atoms with Gasteiger partial charge in [0.05, 0.1) is 43.4 Å². The summed E-state index contributed by atoms with van der Waals surface area (Å²) in [5, 5.41) is 138. The Labute approximate surface area is 435 Å². The molecule has 0 unspecified atom stereocenters. The van der Waals surface area contributed by atoms with E-state index in [2.05, 4.69) is 40.7 Å². The summed E-state index contributed by atoms with van der Waals surface area (Å²) >= 11 is 0. The number of aliphatic hydroxyl groups is 12. The van der Waals surface area contributed by atoms with E-state index in [1.54, 1.807) is 6.92 Å². The van der Waals surface area contributed by atoms with Crippen LogP contribution < -0.4 is 0 Å². The van der Waals surface area contributed by atoms with Crippen molar-refractivity contribution in [3.8, 4) is 0 Å². The Morgan fingerprint density at radius 2 is 1.21 bits per heavy atom. The van der Waals surface area contributed by atoms with E-state index in [0.717, 1.165) is 5.57 Å². The van der Waals surface area contributed by atoms with Crippen LogP contribution in [0.2, 0.25) is 0 Å². The largest absolute Gasteiger partial charge is 0.481 e. The number of carbonyl (C=O) groups is 2. The normalized spacial score (nSPS) is 53.8. The zero-order chi connectivity index (χ0) is 54.7. The third kappa shape index (κ3) is 9.35. The molecule has 5 aliphatic carbocycles. The number of allylic oxidation sites excluding steroid dienone is 2. The van der Waals surface area contributed by atoms with Crippen molar-refractivity contribution in [2.45, 2.75) is 222 Å². The third-order valence-corrected chi connectivity index (χ3v) is 20.7. The first kappa shape index (κ1) is 57.6. The minimum Gasteiger partial charge on any atom is -0.481 e. The van der Waals surface area contributed by atoms with Gasteiger partial charge in [-0.15, -0.1) is 0 Å². The fraction of sp³-hybridized carbons (Fsp3) is 0.923. The SMILES string of the molecule is CC1(C)CC[C@]2(C(=O)O[C@@H]3O[C@H](CO[C@@H]4O[C@H](CO)[C@@H](O)[C@H](O)[C@H]4O)[C@H](O)[C@H](O)[C@H]3O[C@@H]3OC[C@@H](O)[C@H](O)[C@H]3O)CC[C@]3(C)C(=CC[C@@H]4[C@@]5(C)CC[C@H](O[C@@H]6OC[C@@H](O)[C@H](O)[C@H]6O)[C@@](C)(C(=O)O)[C@@H]5CC[C@]43C)[C@@H]2C1. The van der Waals surface area contributed by atoms with Crippen LogP contribution in [0, 0.1) is 50.2 Å². The summed E-state index contributed by atoms with van der Waals surface area (Å²) in [7, 11) is 0. The highest BCUT2D eigenvalue weighted by Gasteiger charge is 2.72. The van der Waals surface area contributed by atoms with E-state index < -0.39 is 170 Å². The molecule has 8 fully saturated rings. The van der Waals surface area contributed by atoms with Gasteiger partial charge in [-0.05, 0) is 111 Å². The number of fused-ring (bicyclic) bond motifs is 7. The first-order chi connectivity index (χ1) is 35.1. The molecule has 75 heavy (non-hydrogen) atoms. The molecule has 13 N–H and O–H groups in total. The number of carbonyl (C=O) groups excluding carboxylic acids is 1. The van der Waals surface area contributed by atoms with Crippen LogP contribution in [0.5, 0.6) is 0 Å². The second-order valence-electron chi connectivity index (χ2n) is 25.2. The quantitative estimate of drug-likeness (QED) is 0.0623. The minimum absolute atomic E-state index is 0.00208. The number of hydrogen-bond acceptors (Lipinski definition) is 22. The maximum absolute atomic E-state index is 15.5. The monoisotopic (exact) mass is 1070 g/mol. The Kier molecular flexibility index (Phi) is 16.0. The molecule has 0 bridgehead atoms. The van der Waals surface area contributed by atoms with Crippen molar-refractivity contribution in [1.29, 1.82) is 0 Å². The first-order valence-corrected chi connectivity index (χ1v) is 26.8. The minimum atomic E-state index is -1.94. The smallest absolute Gasteiger partial charge is 0.315 e. The molecule has 27 atom stereocenters. The zero-order valence-electron chi connectivity index (χ0n) is 43.6. The Hall–Kier alpha value is -2.08. The summed E-state index contributed by atoms with van der Waals surface area (Å²) in [5.74, 6) is -2.43. The molecule has 0 radical (unpaired) electrons. The van der Waals surface area contributed by atoms with Gasteiger partial charge in [-0.25, -0.2) is 0 Å². The summed E-state index contributed by atoms with van der Waals surface area (Å²) in [6.45, 7) is 10.6. The molecule has 428 valence electrons. The number of carboxylic acid groups (broad SMARTS) is 1. The number of carboxylic acids is 1. The Morgan fingerprint density at radius 3 is 1.84 bits per heavy atom. The van der Waals surface area contributed by atoms with Crippen LogP contribution in [-0.2, 0) is 47.5 Å². The van der Waals surface area contributed by atoms with Crippen LogP contribution >= 0.6 is 0 Å². The molecule has 9 rings (SSSR count). The van der Waals surface area contributed by atoms with E-state index >= 15 is 4.79 Å². The van der Waals surface area contributed by atoms with Gasteiger partial charge < -0.3 is 104 Å². The molecule has 0 amide bonds. The van der Waals surface area contributed by atoms with Gasteiger partial charge in [-0.1, -0.05) is 46.3 Å². The van der Waals surface area contributed by atoms with Crippen LogP contribution in [0.25, 0.3) is 0 Å². The molecule has 23 heteroatoms. The summed E-state index contributed by atoms with van der Waals surface area (Å²) < 4.78 is 47.2. The fourth-order valence-electron chi connectivity index (χ4n) is 15.8. The summed E-state index contributed by atoms with van der Waals surface area (Å²) in [6.07, 6.45) is -23.0. The molecule has 4 saturated heterocycles. The second kappa shape index (κ2) is 20.8. The van der Waals surface area contributed by atoms with Crippen molar-refractivity contribution in [3.63, 3.8) is 0 Å². The Morgan fingerprint density at radius 1 is 0.627 bits per heavy atom. The molecular weight excluding hydrogens is 993 g/mol. The molecule has 4 aliphatic heterocycles. The topological polar surface area (TPSA) is 371 Å². The van der Waals surface area contributed by atoms with Crippen LogP contribution in [0.3, 0.4) is 0 Å². The summed E-state index contributed by atoms with van der Waals surface area (Å²) in [4.78, 5) is 29.1. The lowest BCUT2D eigenvalue weighted by atomic mass is 9.33. The number of esters is 1. The van der Waals surface area contributed by atoms with Crippen LogP contribution in [0.4, 0.5) is 0 Å². The summed E-state index contributed by atoms with van der Waals surface area (Å²) in [5.41, 5.74) is -3.02. The maximum Gasteiger partial charge on any atom is 0.315 e. The lowest BCUT2D eigenvalue weighted by Gasteiger charge is -2.71. The second-order valence-corrected chi connectivity index (χ2v) is 25.2. The van der Waals surface area contributed by atoms with E-state index in [9.17, 15) is 71.2 Å². The van der Waals surface area contributed by atoms with E-state index in [4.69, 9.17) is 37.9 Å².